The third-order valence-corrected chi connectivity index (χ3v) is 1.79. The molecule has 2 N–H and O–H groups in total. The summed E-state index contributed by atoms with van der Waals surface area (Å²) >= 11 is 0. The molecular formula is C10H17N3O. The summed E-state index contributed by atoms with van der Waals surface area (Å²) in [5.41, 5.74) is 0.716. The number of rotatable bonds is 2. The van der Waals surface area contributed by atoms with E-state index < -0.39 is 0 Å². The highest BCUT2D eigenvalue weighted by Gasteiger charge is 2.15. The molecule has 1 atom stereocenters. The van der Waals surface area contributed by atoms with Gasteiger partial charge in [0.2, 0.25) is 0 Å². The maximum atomic E-state index is 10.8. The quantitative estimate of drug-likeness (QED) is 0.746. The average Bonchev–Trinajstić information content (AvgIpc) is 2.02. The van der Waals surface area contributed by atoms with E-state index in [2.05, 4.69) is 36.3 Å². The normalized spacial score (nSPS) is 14.0. The monoisotopic (exact) mass is 195 g/mol. The van der Waals surface area contributed by atoms with Crippen LogP contribution in [0.5, 0.6) is 0 Å². The Hall–Kier alpha value is -1.16. The predicted molar refractivity (Wildman–Crippen MR) is 56.2 cm³/mol. The van der Waals surface area contributed by atoms with Crippen molar-refractivity contribution in [2.45, 2.75) is 39.3 Å². The summed E-state index contributed by atoms with van der Waals surface area (Å²) in [7, 11) is 0. The molecule has 0 amide bonds. The summed E-state index contributed by atoms with van der Waals surface area (Å²) in [5.74, 6) is 0. The number of nitrogens with one attached hydrogen (secondary N) is 2. The molecule has 0 radical (unpaired) electrons. The Balaban J connectivity index is 2.75. The minimum atomic E-state index is -0.170. The largest absolute Gasteiger partial charge is 0.304 e. The molecule has 1 aromatic rings. The maximum Gasteiger partial charge on any atom is 0.264 e. The van der Waals surface area contributed by atoms with Crippen LogP contribution in [0.25, 0.3) is 0 Å². The number of aromatic amines is 1. The number of hydrogen-bond acceptors (Lipinski definition) is 3. The third kappa shape index (κ3) is 3.30. The first-order valence-electron chi connectivity index (χ1n) is 4.72. The van der Waals surface area contributed by atoms with Crippen LogP contribution >= 0.6 is 0 Å². The van der Waals surface area contributed by atoms with Crippen LogP contribution in [0.1, 0.15) is 39.4 Å². The van der Waals surface area contributed by atoms with Crippen LogP contribution in [0.4, 0.5) is 0 Å². The topological polar surface area (TPSA) is 57.8 Å². The molecule has 4 nitrogen and oxygen atoms in total. The minimum Gasteiger partial charge on any atom is -0.304 e. The van der Waals surface area contributed by atoms with E-state index in [4.69, 9.17) is 0 Å². The number of aromatic nitrogens is 2. The highest BCUT2D eigenvalue weighted by Crippen LogP contribution is 2.11. The summed E-state index contributed by atoms with van der Waals surface area (Å²) < 4.78 is 0. The highest BCUT2D eigenvalue weighted by molar-refractivity contribution is 5.05. The second-order valence-electron chi connectivity index (χ2n) is 4.46. The first-order chi connectivity index (χ1) is 6.38. The smallest absolute Gasteiger partial charge is 0.264 e. The third-order valence-electron chi connectivity index (χ3n) is 1.79. The molecule has 1 unspecified atom stereocenters. The van der Waals surface area contributed by atoms with Crippen molar-refractivity contribution < 1.29 is 0 Å². The van der Waals surface area contributed by atoms with Crippen molar-refractivity contribution in [1.29, 1.82) is 0 Å². The molecule has 78 valence electrons. The van der Waals surface area contributed by atoms with Crippen molar-refractivity contribution >= 4 is 0 Å². The predicted octanol–water partition coefficient (Wildman–Crippen LogP) is 1.22. The molecule has 0 aliphatic rings. The van der Waals surface area contributed by atoms with Crippen molar-refractivity contribution in [2.75, 3.05) is 0 Å². The lowest BCUT2D eigenvalue weighted by atomic mass is 10.1. The van der Waals surface area contributed by atoms with Crippen LogP contribution in [0, 0.1) is 0 Å². The zero-order chi connectivity index (χ0) is 10.8. The van der Waals surface area contributed by atoms with Gasteiger partial charge >= 0.3 is 0 Å². The fourth-order valence-electron chi connectivity index (χ4n) is 1.32. The van der Waals surface area contributed by atoms with E-state index in [1.165, 1.54) is 6.07 Å². The van der Waals surface area contributed by atoms with Gasteiger partial charge in [0.15, 0.2) is 0 Å². The molecular weight excluding hydrogens is 178 g/mol. The number of hydrogen-bond donors (Lipinski definition) is 2. The summed E-state index contributed by atoms with van der Waals surface area (Å²) in [4.78, 5) is 10.8. The fraction of sp³-hybridized carbons (Fsp3) is 0.600. The van der Waals surface area contributed by atoms with Gasteiger partial charge < -0.3 is 5.32 Å². The molecule has 0 aromatic carbocycles. The molecule has 0 bridgehead atoms. The van der Waals surface area contributed by atoms with Gasteiger partial charge in [-0.25, -0.2) is 5.10 Å². The van der Waals surface area contributed by atoms with Gasteiger partial charge in [0, 0.05) is 17.6 Å². The lowest BCUT2D eigenvalue weighted by Gasteiger charge is -2.25. The zero-order valence-electron chi connectivity index (χ0n) is 9.09. The van der Waals surface area contributed by atoms with E-state index in [1.807, 2.05) is 6.92 Å². The molecule has 4 heteroatoms. The van der Waals surface area contributed by atoms with Gasteiger partial charge in [-0.3, -0.25) is 4.79 Å². The minimum absolute atomic E-state index is 0.0389. The van der Waals surface area contributed by atoms with Crippen LogP contribution in [-0.2, 0) is 0 Å². The van der Waals surface area contributed by atoms with Gasteiger partial charge in [0.05, 0.1) is 5.69 Å². The Bertz CT molecular complexity index is 331. The molecule has 0 fully saturated rings. The lowest BCUT2D eigenvalue weighted by molar-refractivity contribution is 0.372. The standard InChI is InChI=1S/C10H17N3O/c1-7(11-10(2,3)4)8-5-6-9(14)13-12-8/h5-7,11H,1-4H3,(H,13,14). The molecule has 0 aliphatic heterocycles. The molecule has 0 spiro atoms. The fourth-order valence-corrected chi connectivity index (χ4v) is 1.32. The first-order valence-corrected chi connectivity index (χ1v) is 4.72. The van der Waals surface area contributed by atoms with E-state index in [9.17, 15) is 4.79 Å². The summed E-state index contributed by atoms with van der Waals surface area (Å²) in [6, 6.07) is 3.36. The zero-order valence-corrected chi connectivity index (χ0v) is 9.09. The van der Waals surface area contributed by atoms with E-state index in [0.717, 1.165) is 5.69 Å². The Morgan fingerprint density at radius 1 is 1.43 bits per heavy atom. The SMILES string of the molecule is CC(NC(C)(C)C)c1ccc(=O)[nH]n1. The summed E-state index contributed by atoms with van der Waals surface area (Å²) in [5, 5.41) is 9.75. The summed E-state index contributed by atoms with van der Waals surface area (Å²) in [6.07, 6.45) is 0. The second-order valence-corrected chi connectivity index (χ2v) is 4.46. The molecule has 0 aliphatic carbocycles. The van der Waals surface area contributed by atoms with E-state index in [1.54, 1.807) is 6.07 Å². The molecule has 1 aromatic heterocycles. The molecule has 0 saturated heterocycles. The highest BCUT2D eigenvalue weighted by atomic mass is 16.1. The van der Waals surface area contributed by atoms with E-state index in [-0.39, 0.29) is 17.1 Å². The first kappa shape index (κ1) is 10.9. The maximum absolute atomic E-state index is 10.8. The van der Waals surface area contributed by atoms with Gasteiger partial charge in [0.1, 0.15) is 0 Å². The Labute approximate surface area is 83.7 Å². The van der Waals surface area contributed by atoms with Gasteiger partial charge in [-0.1, -0.05) is 0 Å². The molecule has 1 heterocycles. The van der Waals surface area contributed by atoms with Crippen LogP contribution in [-0.4, -0.2) is 15.7 Å². The molecule has 0 saturated carbocycles. The van der Waals surface area contributed by atoms with Crippen molar-refractivity contribution in [3.8, 4) is 0 Å². The van der Waals surface area contributed by atoms with Crippen LogP contribution in [0.2, 0.25) is 0 Å². The van der Waals surface area contributed by atoms with Gasteiger partial charge in [-0.05, 0) is 33.8 Å². The second kappa shape index (κ2) is 3.92. The van der Waals surface area contributed by atoms with Crippen molar-refractivity contribution in [3.05, 3.63) is 28.2 Å². The Kier molecular flexibility index (Phi) is 3.06. The number of H-pyrrole nitrogens is 1. The molecule has 1 rings (SSSR count). The Morgan fingerprint density at radius 2 is 2.07 bits per heavy atom. The van der Waals surface area contributed by atoms with Gasteiger partial charge in [-0.2, -0.15) is 5.10 Å². The van der Waals surface area contributed by atoms with Crippen LogP contribution in [0.15, 0.2) is 16.9 Å². The van der Waals surface area contributed by atoms with Crippen molar-refractivity contribution in [2.24, 2.45) is 0 Å². The average molecular weight is 195 g/mol. The van der Waals surface area contributed by atoms with Crippen LogP contribution < -0.4 is 10.9 Å². The molecule has 14 heavy (non-hydrogen) atoms. The summed E-state index contributed by atoms with van der Waals surface area (Å²) in [6.45, 7) is 8.30. The van der Waals surface area contributed by atoms with Crippen molar-refractivity contribution in [1.82, 2.24) is 15.5 Å². The van der Waals surface area contributed by atoms with E-state index >= 15 is 0 Å². The number of nitrogens with zero attached hydrogens (tertiary/aromatic N) is 1. The lowest BCUT2D eigenvalue weighted by Crippen LogP contribution is -2.38. The van der Waals surface area contributed by atoms with E-state index in [0.29, 0.717) is 0 Å². The Morgan fingerprint density at radius 3 is 2.50 bits per heavy atom. The van der Waals surface area contributed by atoms with Crippen molar-refractivity contribution in [3.63, 3.8) is 0 Å². The van der Waals surface area contributed by atoms with Crippen LogP contribution in [0.3, 0.4) is 0 Å². The van der Waals surface area contributed by atoms with Gasteiger partial charge in [-0.15, -0.1) is 0 Å². The van der Waals surface area contributed by atoms with Gasteiger partial charge in [0.25, 0.3) is 5.56 Å².